The normalized spacial score (nSPS) is 9.45. The maximum absolute atomic E-state index is 11.9. The third kappa shape index (κ3) is 6.22. The van der Waals surface area contributed by atoms with Crippen LogP contribution in [-0.2, 0) is 4.79 Å². The third-order valence-corrected chi connectivity index (χ3v) is 3.76. The highest BCUT2D eigenvalue weighted by atomic mass is 32.2. The van der Waals surface area contributed by atoms with Gasteiger partial charge in [0.05, 0.1) is 12.9 Å². The lowest BCUT2D eigenvalue weighted by Crippen LogP contribution is -2.13. The van der Waals surface area contributed by atoms with Gasteiger partial charge < -0.3 is 10.1 Å². The van der Waals surface area contributed by atoms with Crippen LogP contribution in [0, 0.1) is 6.92 Å². The second-order valence-electron chi connectivity index (χ2n) is 4.38. The summed E-state index contributed by atoms with van der Waals surface area (Å²) in [7, 11) is 1.61. The zero-order chi connectivity index (χ0) is 16.4. The summed E-state index contributed by atoms with van der Waals surface area (Å²) >= 11 is 1.52. The number of nitrogens with one attached hydrogen (secondary N) is 1. The van der Waals surface area contributed by atoms with E-state index < -0.39 is 0 Å². The van der Waals surface area contributed by atoms with E-state index in [-0.39, 0.29) is 5.91 Å². The van der Waals surface area contributed by atoms with Gasteiger partial charge in [-0.15, -0.1) is 11.8 Å². The van der Waals surface area contributed by atoms with Crippen LogP contribution in [0.2, 0.25) is 0 Å². The van der Waals surface area contributed by atoms with Crippen molar-refractivity contribution in [3.63, 3.8) is 0 Å². The van der Waals surface area contributed by atoms with Crippen molar-refractivity contribution in [2.45, 2.75) is 25.7 Å². The molecule has 0 saturated carbocycles. The Kier molecular flexibility index (Phi) is 8.15. The van der Waals surface area contributed by atoms with Crippen LogP contribution in [0.5, 0.6) is 5.75 Å². The molecule has 2 aromatic carbocycles. The first-order valence-corrected chi connectivity index (χ1v) is 8.29. The van der Waals surface area contributed by atoms with Crippen molar-refractivity contribution in [1.29, 1.82) is 0 Å². The molecule has 22 heavy (non-hydrogen) atoms. The van der Waals surface area contributed by atoms with E-state index in [1.807, 2.05) is 63.2 Å². The van der Waals surface area contributed by atoms with Gasteiger partial charge in [0, 0.05) is 16.6 Å². The molecule has 0 bridgehead atoms. The zero-order valence-corrected chi connectivity index (χ0v) is 14.4. The number of aryl methyl sites for hydroxylation is 1. The summed E-state index contributed by atoms with van der Waals surface area (Å²) in [5.74, 6) is 1.10. The minimum Gasteiger partial charge on any atom is -0.497 e. The molecule has 3 nitrogen and oxygen atoms in total. The fraction of sp³-hybridized carbons (Fsp3) is 0.278. The van der Waals surface area contributed by atoms with Gasteiger partial charge in [0.2, 0.25) is 5.91 Å². The molecule has 0 heterocycles. The molecule has 4 heteroatoms. The number of benzene rings is 2. The molecule has 0 aliphatic heterocycles. The molecule has 0 aliphatic rings. The molecule has 0 atom stereocenters. The van der Waals surface area contributed by atoms with Crippen molar-refractivity contribution in [3.05, 3.63) is 54.1 Å². The van der Waals surface area contributed by atoms with Gasteiger partial charge in [-0.1, -0.05) is 37.6 Å². The van der Waals surface area contributed by atoms with Crippen LogP contribution in [-0.4, -0.2) is 18.8 Å². The number of hydrogen-bond acceptors (Lipinski definition) is 3. The van der Waals surface area contributed by atoms with Gasteiger partial charge in [0.15, 0.2) is 0 Å². The number of carbonyl (C=O) groups excluding carboxylic acids is 1. The van der Waals surface area contributed by atoms with Crippen LogP contribution >= 0.6 is 11.8 Å². The van der Waals surface area contributed by atoms with Gasteiger partial charge >= 0.3 is 0 Å². The molecule has 2 rings (SSSR count). The molecule has 0 saturated heterocycles. The van der Waals surface area contributed by atoms with E-state index in [2.05, 4.69) is 5.32 Å². The first kappa shape index (κ1) is 18.1. The van der Waals surface area contributed by atoms with Gasteiger partial charge in [-0.2, -0.15) is 0 Å². The molecule has 1 N–H and O–H groups in total. The quantitative estimate of drug-likeness (QED) is 0.808. The van der Waals surface area contributed by atoms with Crippen LogP contribution in [0.1, 0.15) is 19.4 Å². The Morgan fingerprint density at radius 1 is 1.14 bits per heavy atom. The van der Waals surface area contributed by atoms with Crippen molar-refractivity contribution >= 4 is 23.4 Å². The second-order valence-corrected chi connectivity index (χ2v) is 5.43. The summed E-state index contributed by atoms with van der Waals surface area (Å²) in [4.78, 5) is 13.0. The number of rotatable bonds is 5. The van der Waals surface area contributed by atoms with Gasteiger partial charge in [-0.05, 0) is 31.2 Å². The van der Waals surface area contributed by atoms with E-state index in [1.165, 1.54) is 17.3 Å². The van der Waals surface area contributed by atoms with Gasteiger partial charge in [0.1, 0.15) is 5.75 Å². The SMILES string of the molecule is CC.COc1cccc(NC(=O)CSc2ccc(C)cc2)c1. The molecule has 0 spiro atoms. The van der Waals surface area contributed by atoms with E-state index in [0.29, 0.717) is 5.75 Å². The number of anilines is 1. The summed E-state index contributed by atoms with van der Waals surface area (Å²) < 4.78 is 5.12. The van der Waals surface area contributed by atoms with Gasteiger partial charge in [-0.3, -0.25) is 4.79 Å². The van der Waals surface area contributed by atoms with Crippen LogP contribution in [0.3, 0.4) is 0 Å². The molecule has 118 valence electrons. The average Bonchev–Trinajstić information content (AvgIpc) is 2.56. The number of thioether (sulfide) groups is 1. The molecule has 0 unspecified atom stereocenters. The lowest BCUT2D eigenvalue weighted by Gasteiger charge is -2.07. The largest absolute Gasteiger partial charge is 0.497 e. The Balaban J connectivity index is 0.00000116. The average molecular weight is 317 g/mol. The van der Waals surface area contributed by atoms with Gasteiger partial charge in [0.25, 0.3) is 0 Å². The molecule has 0 radical (unpaired) electrons. The highest BCUT2D eigenvalue weighted by Gasteiger charge is 2.04. The molecule has 2 aromatic rings. The Labute approximate surface area is 137 Å². The van der Waals surface area contributed by atoms with Crippen molar-refractivity contribution in [2.24, 2.45) is 0 Å². The molecular formula is C18H23NO2S. The topological polar surface area (TPSA) is 38.3 Å². The molecule has 0 aliphatic carbocycles. The van der Waals surface area contributed by atoms with Crippen LogP contribution in [0.15, 0.2) is 53.4 Å². The van der Waals surface area contributed by atoms with Crippen molar-refractivity contribution in [3.8, 4) is 5.75 Å². The summed E-state index contributed by atoms with van der Waals surface area (Å²) in [5.41, 5.74) is 1.97. The lowest BCUT2D eigenvalue weighted by molar-refractivity contribution is -0.113. The number of amides is 1. The van der Waals surface area contributed by atoms with Gasteiger partial charge in [-0.25, -0.2) is 0 Å². The first-order valence-electron chi connectivity index (χ1n) is 7.31. The first-order chi connectivity index (χ1) is 10.7. The Morgan fingerprint density at radius 3 is 2.45 bits per heavy atom. The van der Waals surface area contributed by atoms with Crippen LogP contribution in [0.25, 0.3) is 0 Å². The standard InChI is InChI=1S/C16H17NO2S.C2H6/c1-12-6-8-15(9-7-12)20-11-16(18)17-13-4-3-5-14(10-13)19-2;1-2/h3-10H,11H2,1-2H3,(H,17,18);1-2H3. The Bertz CT molecular complexity index is 582. The highest BCUT2D eigenvalue weighted by Crippen LogP contribution is 2.20. The third-order valence-electron chi connectivity index (χ3n) is 2.74. The Morgan fingerprint density at radius 2 is 1.82 bits per heavy atom. The summed E-state index contributed by atoms with van der Waals surface area (Å²) in [6.45, 7) is 6.05. The van der Waals surface area contributed by atoms with Crippen molar-refractivity contribution in [2.75, 3.05) is 18.2 Å². The fourth-order valence-corrected chi connectivity index (χ4v) is 2.38. The number of methoxy groups -OCH3 is 1. The summed E-state index contributed by atoms with van der Waals surface area (Å²) in [5, 5.41) is 2.86. The minimum atomic E-state index is -0.0242. The van der Waals surface area contributed by atoms with E-state index in [9.17, 15) is 4.79 Å². The summed E-state index contributed by atoms with van der Waals surface area (Å²) in [6, 6.07) is 15.5. The fourth-order valence-electron chi connectivity index (χ4n) is 1.68. The Hall–Kier alpha value is -1.94. The summed E-state index contributed by atoms with van der Waals surface area (Å²) in [6.07, 6.45) is 0. The maximum Gasteiger partial charge on any atom is 0.234 e. The second kappa shape index (κ2) is 9.90. The predicted molar refractivity (Wildman–Crippen MR) is 94.9 cm³/mol. The number of carbonyl (C=O) groups is 1. The number of hydrogen-bond donors (Lipinski definition) is 1. The molecule has 1 amide bonds. The monoisotopic (exact) mass is 317 g/mol. The van der Waals surface area contributed by atoms with E-state index >= 15 is 0 Å². The van der Waals surface area contributed by atoms with Crippen molar-refractivity contribution in [1.82, 2.24) is 0 Å². The van der Waals surface area contributed by atoms with E-state index in [0.717, 1.165) is 16.3 Å². The highest BCUT2D eigenvalue weighted by molar-refractivity contribution is 8.00. The number of ether oxygens (including phenoxy) is 1. The maximum atomic E-state index is 11.9. The lowest BCUT2D eigenvalue weighted by atomic mass is 10.2. The molecular weight excluding hydrogens is 294 g/mol. The zero-order valence-electron chi connectivity index (χ0n) is 13.6. The van der Waals surface area contributed by atoms with Crippen LogP contribution in [0.4, 0.5) is 5.69 Å². The smallest absolute Gasteiger partial charge is 0.234 e. The van der Waals surface area contributed by atoms with Crippen LogP contribution < -0.4 is 10.1 Å². The van der Waals surface area contributed by atoms with E-state index in [4.69, 9.17) is 4.74 Å². The minimum absolute atomic E-state index is 0.0242. The van der Waals surface area contributed by atoms with E-state index in [1.54, 1.807) is 13.2 Å². The molecule has 0 aromatic heterocycles. The predicted octanol–water partition coefficient (Wildman–Crippen LogP) is 4.76. The van der Waals surface area contributed by atoms with Crippen molar-refractivity contribution < 1.29 is 9.53 Å². The molecule has 0 fully saturated rings.